The van der Waals surface area contributed by atoms with E-state index in [9.17, 15) is 0 Å². The van der Waals surface area contributed by atoms with Crippen molar-refractivity contribution < 1.29 is 9.47 Å². The predicted octanol–water partition coefficient (Wildman–Crippen LogP) is 2.54. The Labute approximate surface area is 86.3 Å². The van der Waals surface area contributed by atoms with Crippen molar-refractivity contribution in [3.8, 4) is 0 Å². The van der Waals surface area contributed by atoms with Gasteiger partial charge in [-0.15, -0.1) is 0 Å². The highest BCUT2D eigenvalue weighted by Crippen LogP contribution is 2.54. The third-order valence-corrected chi connectivity index (χ3v) is 4.02. The lowest BCUT2D eigenvalue weighted by atomic mass is 9.58. The average molecular weight is 196 g/mol. The van der Waals surface area contributed by atoms with Gasteiger partial charge in [0.05, 0.1) is 12.2 Å². The van der Waals surface area contributed by atoms with Gasteiger partial charge in [-0.1, -0.05) is 18.4 Å². The molecule has 2 unspecified atom stereocenters. The number of hydrogen-bond donors (Lipinski definition) is 0. The van der Waals surface area contributed by atoms with E-state index in [0.29, 0.717) is 5.92 Å². The zero-order valence-corrected chi connectivity index (χ0v) is 9.43. The Hall–Kier alpha value is -0.340. The molecule has 2 rings (SSSR count). The molecular formula is C12H20O2. The summed E-state index contributed by atoms with van der Waals surface area (Å²) >= 11 is 0. The molecule has 0 saturated heterocycles. The second-order valence-electron chi connectivity index (χ2n) is 4.49. The van der Waals surface area contributed by atoms with Gasteiger partial charge < -0.3 is 9.47 Å². The van der Waals surface area contributed by atoms with Crippen molar-refractivity contribution >= 4 is 0 Å². The highest BCUT2D eigenvalue weighted by Gasteiger charge is 2.52. The molecule has 0 radical (unpaired) electrons. The van der Waals surface area contributed by atoms with Gasteiger partial charge in [-0.05, 0) is 25.3 Å². The first-order valence-corrected chi connectivity index (χ1v) is 5.50. The molecular weight excluding hydrogens is 176 g/mol. The first-order valence-electron chi connectivity index (χ1n) is 5.50. The Kier molecular flexibility index (Phi) is 2.67. The topological polar surface area (TPSA) is 18.5 Å². The highest BCUT2D eigenvalue weighted by molar-refractivity contribution is 5.41. The molecule has 0 aromatic carbocycles. The first kappa shape index (κ1) is 10.2. The summed E-state index contributed by atoms with van der Waals surface area (Å²) in [6.45, 7) is 2.98. The van der Waals surface area contributed by atoms with Crippen molar-refractivity contribution in [2.75, 3.05) is 20.8 Å². The molecule has 80 valence electrons. The summed E-state index contributed by atoms with van der Waals surface area (Å²) in [4.78, 5) is 0. The van der Waals surface area contributed by atoms with Crippen LogP contribution in [-0.4, -0.2) is 26.4 Å². The van der Waals surface area contributed by atoms with E-state index in [2.05, 4.69) is 6.92 Å². The van der Waals surface area contributed by atoms with Crippen LogP contribution in [0.2, 0.25) is 0 Å². The minimum absolute atomic E-state index is 0.0539. The Morgan fingerprint density at radius 1 is 1.36 bits per heavy atom. The molecule has 0 aliphatic heterocycles. The quantitative estimate of drug-likeness (QED) is 0.646. The maximum Gasteiger partial charge on any atom is 0.0977 e. The largest absolute Gasteiger partial charge is 0.380 e. The second-order valence-corrected chi connectivity index (χ2v) is 4.49. The van der Waals surface area contributed by atoms with Gasteiger partial charge in [0.1, 0.15) is 0 Å². The normalized spacial score (nSPS) is 36.6. The summed E-state index contributed by atoms with van der Waals surface area (Å²) in [5.74, 6) is 0.673. The van der Waals surface area contributed by atoms with Crippen LogP contribution in [-0.2, 0) is 9.47 Å². The average Bonchev–Trinajstić information content (AvgIpc) is 2.24. The molecule has 0 spiro atoms. The molecule has 2 heteroatoms. The Balaban J connectivity index is 2.24. The van der Waals surface area contributed by atoms with Gasteiger partial charge in [0, 0.05) is 20.1 Å². The minimum Gasteiger partial charge on any atom is -0.380 e. The van der Waals surface area contributed by atoms with E-state index in [1.54, 1.807) is 7.11 Å². The maximum atomic E-state index is 5.78. The maximum absolute atomic E-state index is 5.78. The van der Waals surface area contributed by atoms with Crippen LogP contribution in [0.1, 0.15) is 32.6 Å². The summed E-state index contributed by atoms with van der Waals surface area (Å²) < 4.78 is 11.0. The first-order chi connectivity index (χ1) is 6.76. The van der Waals surface area contributed by atoms with Crippen LogP contribution < -0.4 is 0 Å². The molecule has 2 atom stereocenters. The Morgan fingerprint density at radius 3 is 2.79 bits per heavy atom. The van der Waals surface area contributed by atoms with Crippen molar-refractivity contribution in [2.45, 2.75) is 38.2 Å². The lowest BCUT2D eigenvalue weighted by Crippen LogP contribution is -2.54. The zero-order chi connectivity index (χ0) is 10.2. The summed E-state index contributed by atoms with van der Waals surface area (Å²) in [5.41, 5.74) is 2.99. The van der Waals surface area contributed by atoms with Gasteiger partial charge in [0.2, 0.25) is 0 Å². The summed E-state index contributed by atoms with van der Waals surface area (Å²) in [6, 6.07) is 0. The third-order valence-electron chi connectivity index (χ3n) is 4.02. The third kappa shape index (κ3) is 1.17. The van der Waals surface area contributed by atoms with Crippen molar-refractivity contribution in [1.29, 1.82) is 0 Å². The molecule has 1 saturated carbocycles. The molecule has 2 nitrogen and oxygen atoms in total. The molecule has 0 bridgehead atoms. The van der Waals surface area contributed by atoms with Gasteiger partial charge in [-0.2, -0.15) is 0 Å². The molecule has 2 aliphatic rings. The summed E-state index contributed by atoms with van der Waals surface area (Å²) in [7, 11) is 3.61. The fourth-order valence-corrected chi connectivity index (χ4v) is 3.29. The van der Waals surface area contributed by atoms with E-state index in [-0.39, 0.29) is 5.60 Å². The minimum atomic E-state index is 0.0539. The van der Waals surface area contributed by atoms with E-state index in [4.69, 9.17) is 9.47 Å². The van der Waals surface area contributed by atoms with E-state index < -0.39 is 0 Å². The van der Waals surface area contributed by atoms with Crippen molar-refractivity contribution in [3.05, 3.63) is 11.1 Å². The van der Waals surface area contributed by atoms with E-state index in [1.165, 1.54) is 36.8 Å². The number of hydrogen-bond acceptors (Lipinski definition) is 2. The fourth-order valence-electron chi connectivity index (χ4n) is 3.29. The van der Waals surface area contributed by atoms with Crippen LogP contribution in [0.5, 0.6) is 0 Å². The molecule has 2 aliphatic carbocycles. The van der Waals surface area contributed by atoms with E-state index in [0.717, 1.165) is 6.61 Å². The highest BCUT2D eigenvalue weighted by atomic mass is 16.5. The molecule has 0 N–H and O–H groups in total. The molecule has 0 aromatic rings. The SMILES string of the molecule is COCC1=C(C)C2CCCCC12OC. The Bertz CT molecular complexity index is 257. The molecule has 1 fully saturated rings. The summed E-state index contributed by atoms with van der Waals surface area (Å²) in [5, 5.41) is 0. The van der Waals surface area contributed by atoms with Gasteiger partial charge in [-0.25, -0.2) is 0 Å². The van der Waals surface area contributed by atoms with Crippen LogP contribution in [0.15, 0.2) is 11.1 Å². The smallest absolute Gasteiger partial charge is 0.0977 e. The standard InChI is InChI=1S/C12H20O2/c1-9-10-6-4-5-7-12(10,14-3)11(9)8-13-2/h10H,4-8H2,1-3H3. The zero-order valence-electron chi connectivity index (χ0n) is 9.43. The van der Waals surface area contributed by atoms with Crippen molar-refractivity contribution in [1.82, 2.24) is 0 Å². The van der Waals surface area contributed by atoms with Crippen LogP contribution in [0, 0.1) is 5.92 Å². The van der Waals surface area contributed by atoms with Crippen LogP contribution in [0.3, 0.4) is 0 Å². The van der Waals surface area contributed by atoms with Crippen LogP contribution in [0.4, 0.5) is 0 Å². The molecule has 0 amide bonds. The van der Waals surface area contributed by atoms with Crippen LogP contribution >= 0.6 is 0 Å². The molecule has 14 heavy (non-hydrogen) atoms. The Morgan fingerprint density at radius 2 is 2.14 bits per heavy atom. The van der Waals surface area contributed by atoms with Crippen LogP contribution in [0.25, 0.3) is 0 Å². The lowest BCUT2D eigenvalue weighted by molar-refractivity contribution is -0.0737. The van der Waals surface area contributed by atoms with Gasteiger partial charge >= 0.3 is 0 Å². The van der Waals surface area contributed by atoms with Crippen molar-refractivity contribution in [3.63, 3.8) is 0 Å². The van der Waals surface area contributed by atoms with Gasteiger partial charge in [0.25, 0.3) is 0 Å². The number of fused-ring (bicyclic) bond motifs is 1. The second kappa shape index (κ2) is 3.67. The van der Waals surface area contributed by atoms with E-state index >= 15 is 0 Å². The summed E-state index contributed by atoms with van der Waals surface area (Å²) in [6.07, 6.45) is 5.13. The van der Waals surface area contributed by atoms with Gasteiger partial charge in [-0.3, -0.25) is 0 Å². The molecule has 0 heterocycles. The lowest BCUT2D eigenvalue weighted by Gasteiger charge is -2.54. The fraction of sp³-hybridized carbons (Fsp3) is 0.833. The number of rotatable bonds is 3. The number of methoxy groups -OCH3 is 2. The van der Waals surface area contributed by atoms with E-state index in [1.807, 2.05) is 7.11 Å². The molecule has 0 aromatic heterocycles. The predicted molar refractivity (Wildman–Crippen MR) is 56.3 cm³/mol. The monoisotopic (exact) mass is 196 g/mol. The van der Waals surface area contributed by atoms with Crippen molar-refractivity contribution in [2.24, 2.45) is 5.92 Å². The van der Waals surface area contributed by atoms with Gasteiger partial charge in [0.15, 0.2) is 0 Å². The number of ether oxygens (including phenoxy) is 2.